The summed E-state index contributed by atoms with van der Waals surface area (Å²) in [6.07, 6.45) is 3.20. The fraction of sp³-hybridized carbons (Fsp3) is 0.615. The van der Waals surface area contributed by atoms with Gasteiger partial charge in [0, 0.05) is 24.7 Å². The van der Waals surface area contributed by atoms with Crippen molar-refractivity contribution < 1.29 is 4.92 Å². The van der Waals surface area contributed by atoms with Crippen LogP contribution in [0.4, 0.5) is 5.69 Å². The Bertz CT molecular complexity index is 394. The van der Waals surface area contributed by atoms with Crippen LogP contribution in [0.2, 0.25) is 0 Å². The van der Waals surface area contributed by atoms with E-state index in [1.54, 1.807) is 12.3 Å². The molecule has 0 saturated heterocycles. The van der Waals surface area contributed by atoms with Gasteiger partial charge in [-0.05, 0) is 24.9 Å². The van der Waals surface area contributed by atoms with E-state index in [0.29, 0.717) is 18.0 Å². The first-order chi connectivity index (χ1) is 8.54. The zero-order valence-corrected chi connectivity index (χ0v) is 11.2. The maximum atomic E-state index is 10.9. The predicted octanol–water partition coefficient (Wildman–Crippen LogP) is 2.56. The van der Waals surface area contributed by atoms with Gasteiger partial charge in [0.1, 0.15) is 5.69 Å². The maximum Gasteiger partial charge on any atom is 0.290 e. The molecule has 1 aromatic rings. The Morgan fingerprint density at radius 2 is 2.22 bits per heavy atom. The van der Waals surface area contributed by atoms with Crippen molar-refractivity contribution in [3.8, 4) is 0 Å². The van der Waals surface area contributed by atoms with E-state index in [0.717, 1.165) is 13.0 Å². The van der Waals surface area contributed by atoms with Gasteiger partial charge in [-0.15, -0.1) is 0 Å². The lowest BCUT2D eigenvalue weighted by Crippen LogP contribution is -2.32. The van der Waals surface area contributed by atoms with Crippen molar-refractivity contribution in [2.75, 3.05) is 6.54 Å². The molecule has 0 aliphatic carbocycles. The minimum Gasteiger partial charge on any atom is -0.314 e. The second-order valence-corrected chi connectivity index (χ2v) is 4.81. The summed E-state index contributed by atoms with van der Waals surface area (Å²) < 4.78 is 0. The molecular formula is C13H21N3O2. The van der Waals surface area contributed by atoms with E-state index in [2.05, 4.69) is 24.1 Å². The second-order valence-electron chi connectivity index (χ2n) is 4.81. The zero-order valence-electron chi connectivity index (χ0n) is 11.2. The molecule has 0 spiro atoms. The molecule has 0 bridgehead atoms. The van der Waals surface area contributed by atoms with Crippen LogP contribution in [0.15, 0.2) is 18.3 Å². The van der Waals surface area contributed by atoms with E-state index in [1.807, 2.05) is 6.92 Å². The molecule has 18 heavy (non-hydrogen) atoms. The van der Waals surface area contributed by atoms with Crippen LogP contribution >= 0.6 is 0 Å². The number of likely N-dealkylation sites (N-methyl/N-ethyl adjacent to an activating group) is 1. The lowest BCUT2D eigenvalue weighted by molar-refractivity contribution is -0.386. The van der Waals surface area contributed by atoms with Gasteiger partial charge in [0.25, 0.3) is 5.69 Å². The van der Waals surface area contributed by atoms with Gasteiger partial charge < -0.3 is 5.32 Å². The minimum absolute atomic E-state index is 0.115. The Hall–Kier alpha value is -1.49. The monoisotopic (exact) mass is 251 g/mol. The molecule has 100 valence electrons. The molecule has 0 fully saturated rings. The first kappa shape index (κ1) is 14.6. The summed E-state index contributed by atoms with van der Waals surface area (Å²) in [6, 6.07) is 3.36. The van der Waals surface area contributed by atoms with Crippen LogP contribution < -0.4 is 5.32 Å². The van der Waals surface area contributed by atoms with Crippen molar-refractivity contribution in [1.82, 2.24) is 10.3 Å². The lowest BCUT2D eigenvalue weighted by atomic mass is 9.99. The van der Waals surface area contributed by atoms with Gasteiger partial charge in [0.05, 0.1) is 4.92 Å². The maximum absolute atomic E-state index is 10.9. The van der Waals surface area contributed by atoms with Crippen LogP contribution in [0.25, 0.3) is 0 Å². The Labute approximate surface area is 108 Å². The molecule has 0 aliphatic heterocycles. The van der Waals surface area contributed by atoms with Gasteiger partial charge in [-0.25, -0.2) is 0 Å². The van der Waals surface area contributed by atoms with E-state index in [4.69, 9.17) is 0 Å². The number of pyridine rings is 1. The first-order valence-corrected chi connectivity index (χ1v) is 6.36. The Kier molecular flexibility index (Phi) is 5.71. The van der Waals surface area contributed by atoms with Crippen LogP contribution in [0.3, 0.4) is 0 Å². The Morgan fingerprint density at radius 3 is 2.78 bits per heavy atom. The van der Waals surface area contributed by atoms with E-state index in [9.17, 15) is 10.1 Å². The van der Waals surface area contributed by atoms with Crippen molar-refractivity contribution in [1.29, 1.82) is 0 Å². The number of rotatable bonds is 7. The highest BCUT2D eigenvalue weighted by atomic mass is 16.6. The Balaban J connectivity index is 2.82. The highest BCUT2D eigenvalue weighted by Gasteiger charge is 2.19. The van der Waals surface area contributed by atoms with Crippen molar-refractivity contribution >= 4 is 5.69 Å². The molecule has 5 nitrogen and oxygen atoms in total. The third kappa shape index (κ3) is 4.41. The summed E-state index contributed by atoms with van der Waals surface area (Å²) in [5.41, 5.74) is 0.679. The third-order valence-electron chi connectivity index (χ3n) is 2.75. The second kappa shape index (κ2) is 7.06. The van der Waals surface area contributed by atoms with Crippen LogP contribution in [0.1, 0.15) is 32.9 Å². The fourth-order valence-corrected chi connectivity index (χ4v) is 2.08. The molecule has 1 heterocycles. The van der Waals surface area contributed by atoms with Crippen molar-refractivity contribution in [2.24, 2.45) is 5.92 Å². The number of hydrogen-bond donors (Lipinski definition) is 1. The highest BCUT2D eigenvalue weighted by Crippen LogP contribution is 2.18. The molecule has 0 radical (unpaired) electrons. The number of aromatic nitrogens is 1. The summed E-state index contributed by atoms with van der Waals surface area (Å²) >= 11 is 0. The summed E-state index contributed by atoms with van der Waals surface area (Å²) in [7, 11) is 0. The standard InChI is InChI=1S/C13H21N3O2/c1-4-14-11(8-10(2)3)9-12-13(16(17)18)6-5-7-15-12/h5-7,10-11,14H,4,8-9H2,1-3H3. The predicted molar refractivity (Wildman–Crippen MR) is 71.5 cm³/mol. The zero-order chi connectivity index (χ0) is 13.5. The van der Waals surface area contributed by atoms with Gasteiger partial charge in [-0.1, -0.05) is 20.8 Å². The normalized spacial score (nSPS) is 12.7. The number of nitrogens with zero attached hydrogens (tertiary/aromatic N) is 2. The van der Waals surface area contributed by atoms with Crippen molar-refractivity contribution in [2.45, 2.75) is 39.7 Å². The quantitative estimate of drug-likeness (QED) is 0.597. The number of nitrogens with one attached hydrogen (secondary N) is 1. The fourth-order valence-electron chi connectivity index (χ4n) is 2.08. The SMILES string of the molecule is CCNC(Cc1ncccc1[N+](=O)[O-])CC(C)C. The smallest absolute Gasteiger partial charge is 0.290 e. The van der Waals surface area contributed by atoms with E-state index in [1.165, 1.54) is 6.07 Å². The van der Waals surface area contributed by atoms with E-state index < -0.39 is 0 Å². The topological polar surface area (TPSA) is 68.1 Å². The molecular weight excluding hydrogens is 230 g/mol. The van der Waals surface area contributed by atoms with Crippen LogP contribution in [-0.4, -0.2) is 22.5 Å². The van der Waals surface area contributed by atoms with Crippen LogP contribution in [0.5, 0.6) is 0 Å². The average molecular weight is 251 g/mol. The molecule has 0 saturated carbocycles. The lowest BCUT2D eigenvalue weighted by Gasteiger charge is -2.19. The van der Waals surface area contributed by atoms with Gasteiger partial charge in [0.15, 0.2) is 0 Å². The van der Waals surface area contributed by atoms with E-state index in [-0.39, 0.29) is 16.7 Å². The van der Waals surface area contributed by atoms with Crippen molar-refractivity contribution in [3.63, 3.8) is 0 Å². The van der Waals surface area contributed by atoms with Gasteiger partial charge >= 0.3 is 0 Å². The molecule has 1 N–H and O–H groups in total. The van der Waals surface area contributed by atoms with Crippen molar-refractivity contribution in [3.05, 3.63) is 34.1 Å². The molecule has 0 aromatic carbocycles. The van der Waals surface area contributed by atoms with Crippen LogP contribution in [0, 0.1) is 16.0 Å². The van der Waals surface area contributed by atoms with Gasteiger partial charge in [0.2, 0.25) is 0 Å². The van der Waals surface area contributed by atoms with Gasteiger partial charge in [-0.3, -0.25) is 15.1 Å². The summed E-state index contributed by atoms with van der Waals surface area (Å²) in [6.45, 7) is 7.20. The van der Waals surface area contributed by atoms with E-state index >= 15 is 0 Å². The van der Waals surface area contributed by atoms with Gasteiger partial charge in [-0.2, -0.15) is 0 Å². The number of hydrogen-bond acceptors (Lipinski definition) is 4. The molecule has 1 rings (SSSR count). The summed E-state index contributed by atoms with van der Waals surface area (Å²) in [5, 5.41) is 14.3. The molecule has 0 aliphatic rings. The number of nitro groups is 1. The largest absolute Gasteiger partial charge is 0.314 e. The molecule has 0 amide bonds. The highest BCUT2D eigenvalue weighted by molar-refractivity contribution is 5.34. The first-order valence-electron chi connectivity index (χ1n) is 6.36. The summed E-state index contributed by atoms with van der Waals surface area (Å²) in [5.74, 6) is 0.553. The minimum atomic E-state index is -0.360. The molecule has 1 atom stereocenters. The molecule has 1 aromatic heterocycles. The molecule has 5 heteroatoms. The van der Waals surface area contributed by atoms with Crippen LogP contribution in [-0.2, 0) is 6.42 Å². The Morgan fingerprint density at radius 1 is 1.50 bits per heavy atom. The third-order valence-corrected chi connectivity index (χ3v) is 2.75. The average Bonchev–Trinajstić information content (AvgIpc) is 2.28. The molecule has 1 unspecified atom stereocenters. The summed E-state index contributed by atoms with van der Waals surface area (Å²) in [4.78, 5) is 14.7.